The van der Waals surface area contributed by atoms with E-state index in [2.05, 4.69) is 47.6 Å². The summed E-state index contributed by atoms with van der Waals surface area (Å²) in [6, 6.07) is 12.3. The molecule has 1 aromatic carbocycles. The lowest BCUT2D eigenvalue weighted by molar-refractivity contribution is -0.114. The summed E-state index contributed by atoms with van der Waals surface area (Å²) >= 11 is 0. The standard InChI is InChI=1S/C24H24N6O2/c1-16-21(31)30(20-9-7-17(8-10-20)24(2,3)4)23(32)29(16)15-19-11-13-26-22(28-19)27-18-6-5-12-25-14-18/h5-14H,1,15H2,2-4H3,(H,26,27,28). The Balaban J connectivity index is 1.53. The van der Waals surface area contributed by atoms with Crippen LogP contribution in [0.3, 0.4) is 0 Å². The summed E-state index contributed by atoms with van der Waals surface area (Å²) in [4.78, 5) is 41.1. The molecule has 2 aromatic heterocycles. The number of amides is 3. The average molecular weight is 428 g/mol. The van der Waals surface area contributed by atoms with Crippen LogP contribution in [0.5, 0.6) is 0 Å². The second-order valence-corrected chi connectivity index (χ2v) is 8.49. The average Bonchev–Trinajstić information content (AvgIpc) is 2.97. The van der Waals surface area contributed by atoms with Gasteiger partial charge in [0, 0.05) is 12.4 Å². The summed E-state index contributed by atoms with van der Waals surface area (Å²) < 4.78 is 0. The van der Waals surface area contributed by atoms with Crippen LogP contribution in [0.2, 0.25) is 0 Å². The Labute approximate surface area is 186 Å². The number of aromatic nitrogens is 3. The van der Waals surface area contributed by atoms with E-state index in [1.807, 2.05) is 18.2 Å². The third-order valence-corrected chi connectivity index (χ3v) is 5.14. The number of hydrogen-bond donors (Lipinski definition) is 1. The number of carbonyl (C=O) groups excluding carboxylic acids is 2. The molecule has 8 heteroatoms. The van der Waals surface area contributed by atoms with Crippen molar-refractivity contribution >= 4 is 29.3 Å². The van der Waals surface area contributed by atoms with Crippen molar-refractivity contribution in [2.75, 3.05) is 10.2 Å². The maximum Gasteiger partial charge on any atom is 0.336 e. The van der Waals surface area contributed by atoms with Crippen molar-refractivity contribution in [3.63, 3.8) is 0 Å². The van der Waals surface area contributed by atoms with Gasteiger partial charge in [-0.2, -0.15) is 0 Å². The Kier molecular flexibility index (Phi) is 5.44. The van der Waals surface area contributed by atoms with Crippen LogP contribution in [0.4, 0.5) is 22.1 Å². The number of pyridine rings is 1. The first-order chi connectivity index (χ1) is 15.2. The number of carbonyl (C=O) groups is 2. The number of hydrogen-bond acceptors (Lipinski definition) is 6. The lowest BCUT2D eigenvalue weighted by Gasteiger charge is -2.21. The van der Waals surface area contributed by atoms with Crippen LogP contribution in [0.1, 0.15) is 32.0 Å². The molecule has 3 aromatic rings. The van der Waals surface area contributed by atoms with Crippen LogP contribution in [-0.2, 0) is 16.8 Å². The van der Waals surface area contributed by atoms with E-state index in [0.717, 1.165) is 16.2 Å². The van der Waals surface area contributed by atoms with Gasteiger partial charge in [-0.1, -0.05) is 39.5 Å². The van der Waals surface area contributed by atoms with E-state index in [-0.39, 0.29) is 17.7 Å². The van der Waals surface area contributed by atoms with Gasteiger partial charge in [0.2, 0.25) is 5.95 Å². The van der Waals surface area contributed by atoms with Gasteiger partial charge in [-0.05, 0) is 41.3 Å². The second-order valence-electron chi connectivity index (χ2n) is 8.49. The van der Waals surface area contributed by atoms with Gasteiger partial charge in [-0.3, -0.25) is 14.7 Å². The lowest BCUT2D eigenvalue weighted by Crippen LogP contribution is -2.33. The van der Waals surface area contributed by atoms with Crippen molar-refractivity contribution in [3.05, 3.63) is 84.6 Å². The Bertz CT molecular complexity index is 1170. The van der Waals surface area contributed by atoms with Crippen molar-refractivity contribution < 1.29 is 9.59 Å². The van der Waals surface area contributed by atoms with Gasteiger partial charge in [0.15, 0.2) is 0 Å². The highest BCUT2D eigenvalue weighted by Crippen LogP contribution is 2.30. The zero-order valence-corrected chi connectivity index (χ0v) is 18.2. The fourth-order valence-electron chi connectivity index (χ4n) is 3.34. The molecule has 1 fully saturated rings. The number of benzene rings is 1. The first kappa shape index (κ1) is 21.2. The normalized spacial score (nSPS) is 14.3. The molecule has 0 unspecified atom stereocenters. The summed E-state index contributed by atoms with van der Waals surface area (Å²) in [6.07, 6.45) is 4.92. The quantitative estimate of drug-likeness (QED) is 0.479. The van der Waals surface area contributed by atoms with Crippen molar-refractivity contribution in [2.24, 2.45) is 0 Å². The second kappa shape index (κ2) is 8.22. The van der Waals surface area contributed by atoms with E-state index in [4.69, 9.17) is 0 Å². The van der Waals surface area contributed by atoms with Crippen LogP contribution in [-0.4, -0.2) is 31.8 Å². The number of anilines is 3. The van der Waals surface area contributed by atoms with Gasteiger partial charge in [0.05, 0.1) is 29.8 Å². The molecule has 0 atom stereocenters. The predicted molar refractivity (Wildman–Crippen MR) is 122 cm³/mol. The fourth-order valence-corrected chi connectivity index (χ4v) is 3.34. The summed E-state index contributed by atoms with van der Waals surface area (Å²) in [5.74, 6) is -0.0741. The summed E-state index contributed by atoms with van der Waals surface area (Å²) in [6.45, 7) is 10.3. The van der Waals surface area contributed by atoms with Gasteiger partial charge in [0.25, 0.3) is 5.91 Å². The van der Waals surface area contributed by atoms with Gasteiger partial charge in [-0.15, -0.1) is 0 Å². The Morgan fingerprint density at radius 2 is 1.78 bits per heavy atom. The first-order valence-corrected chi connectivity index (χ1v) is 10.2. The van der Waals surface area contributed by atoms with Crippen LogP contribution < -0.4 is 10.2 Å². The predicted octanol–water partition coefficient (Wildman–Crippen LogP) is 4.40. The van der Waals surface area contributed by atoms with E-state index in [1.54, 1.807) is 42.9 Å². The molecule has 3 amide bonds. The van der Waals surface area contributed by atoms with Crippen molar-refractivity contribution in [2.45, 2.75) is 32.7 Å². The largest absolute Gasteiger partial charge is 0.336 e. The van der Waals surface area contributed by atoms with Gasteiger partial charge in [-0.25, -0.2) is 19.7 Å². The molecule has 162 valence electrons. The maximum absolute atomic E-state index is 13.1. The van der Waals surface area contributed by atoms with Crippen molar-refractivity contribution in [1.82, 2.24) is 19.9 Å². The summed E-state index contributed by atoms with van der Waals surface area (Å²) in [5.41, 5.74) is 3.02. The van der Waals surface area contributed by atoms with E-state index in [9.17, 15) is 9.59 Å². The fraction of sp³-hybridized carbons (Fsp3) is 0.208. The van der Waals surface area contributed by atoms with E-state index in [0.29, 0.717) is 17.3 Å². The van der Waals surface area contributed by atoms with Gasteiger partial charge in [0.1, 0.15) is 5.70 Å². The molecule has 1 saturated heterocycles. The first-order valence-electron chi connectivity index (χ1n) is 10.2. The SMILES string of the molecule is C=C1C(=O)N(c2ccc(C(C)(C)C)cc2)C(=O)N1Cc1ccnc(Nc2cccnc2)n1. The number of urea groups is 1. The number of rotatable bonds is 5. The highest BCUT2D eigenvalue weighted by Gasteiger charge is 2.41. The smallest absolute Gasteiger partial charge is 0.323 e. The zero-order chi connectivity index (χ0) is 22.9. The van der Waals surface area contributed by atoms with E-state index < -0.39 is 11.9 Å². The molecule has 32 heavy (non-hydrogen) atoms. The minimum absolute atomic E-state index is 0.0260. The molecule has 0 spiro atoms. The van der Waals surface area contributed by atoms with Crippen LogP contribution in [0.25, 0.3) is 0 Å². The zero-order valence-electron chi connectivity index (χ0n) is 18.2. The molecule has 0 saturated carbocycles. The van der Waals surface area contributed by atoms with Gasteiger partial charge < -0.3 is 5.32 Å². The highest BCUT2D eigenvalue weighted by atomic mass is 16.2. The molecular weight excluding hydrogens is 404 g/mol. The molecule has 0 aliphatic carbocycles. The Morgan fingerprint density at radius 1 is 1.03 bits per heavy atom. The Hall–Kier alpha value is -4.07. The topological polar surface area (TPSA) is 91.3 Å². The molecule has 1 N–H and O–H groups in total. The van der Waals surface area contributed by atoms with Gasteiger partial charge >= 0.3 is 6.03 Å². The summed E-state index contributed by atoms with van der Waals surface area (Å²) in [7, 11) is 0. The van der Waals surface area contributed by atoms with E-state index >= 15 is 0 Å². The minimum atomic E-state index is -0.455. The third-order valence-electron chi connectivity index (χ3n) is 5.14. The molecule has 0 bridgehead atoms. The third kappa shape index (κ3) is 4.20. The van der Waals surface area contributed by atoms with Crippen LogP contribution >= 0.6 is 0 Å². The molecule has 4 rings (SSSR count). The number of nitrogens with zero attached hydrogens (tertiary/aromatic N) is 5. The van der Waals surface area contributed by atoms with E-state index in [1.165, 1.54) is 4.90 Å². The molecule has 8 nitrogen and oxygen atoms in total. The molecule has 1 aliphatic rings. The van der Waals surface area contributed by atoms with Crippen molar-refractivity contribution in [1.29, 1.82) is 0 Å². The Morgan fingerprint density at radius 3 is 2.44 bits per heavy atom. The van der Waals surface area contributed by atoms with Crippen LogP contribution in [0, 0.1) is 0 Å². The molecule has 3 heterocycles. The maximum atomic E-state index is 13.1. The molecular formula is C24H24N6O2. The number of nitrogens with one attached hydrogen (secondary N) is 1. The molecule has 1 aliphatic heterocycles. The lowest BCUT2D eigenvalue weighted by atomic mass is 9.87. The molecule has 0 radical (unpaired) electrons. The highest BCUT2D eigenvalue weighted by molar-refractivity contribution is 6.26. The van der Waals surface area contributed by atoms with Crippen LogP contribution in [0.15, 0.2) is 73.3 Å². The minimum Gasteiger partial charge on any atom is -0.323 e. The number of imide groups is 1. The monoisotopic (exact) mass is 428 g/mol. The summed E-state index contributed by atoms with van der Waals surface area (Å²) in [5, 5.41) is 3.06. The van der Waals surface area contributed by atoms with Crippen molar-refractivity contribution in [3.8, 4) is 0 Å².